The van der Waals surface area contributed by atoms with Crippen molar-refractivity contribution >= 4 is 23.4 Å². The molecule has 1 aromatic heterocycles. The van der Waals surface area contributed by atoms with Crippen molar-refractivity contribution in [3.8, 4) is 0 Å². The Hall–Kier alpha value is -2.71. The first-order valence-corrected chi connectivity index (χ1v) is 5.72. The van der Waals surface area contributed by atoms with E-state index >= 15 is 0 Å². The van der Waals surface area contributed by atoms with Gasteiger partial charge < -0.3 is 9.88 Å². The Morgan fingerprint density at radius 1 is 1.45 bits per heavy atom. The number of nitrogens with zero attached hydrogens (tertiary/aromatic N) is 2. The summed E-state index contributed by atoms with van der Waals surface area (Å²) in [4.78, 5) is 48.9. The lowest BCUT2D eigenvalue weighted by atomic mass is 9.98. The third kappa shape index (κ3) is 2.13. The number of nitro groups is 1. The van der Waals surface area contributed by atoms with Gasteiger partial charge in [0.2, 0.25) is 5.91 Å². The number of hydrogen-bond donors (Lipinski definition) is 2. The predicted molar refractivity (Wildman–Crippen MR) is 65.7 cm³/mol. The molecular weight excluding hydrogens is 268 g/mol. The minimum atomic E-state index is -1.22. The van der Waals surface area contributed by atoms with Crippen LogP contribution < -0.4 is 5.32 Å². The van der Waals surface area contributed by atoms with Crippen molar-refractivity contribution in [2.45, 2.75) is 19.4 Å². The molecule has 9 nitrogen and oxygen atoms in total. The molecule has 2 rings (SSSR count). The van der Waals surface area contributed by atoms with E-state index in [0.717, 1.165) is 17.2 Å². The van der Waals surface area contributed by atoms with Gasteiger partial charge in [0, 0.05) is 6.07 Å². The zero-order valence-electron chi connectivity index (χ0n) is 10.8. The molecule has 106 valence electrons. The maximum absolute atomic E-state index is 12.3. The number of hydrogen-bond acceptors (Lipinski definition) is 5. The molecule has 1 saturated heterocycles. The number of carbonyl (C=O) groups excluding carboxylic acids is 3. The van der Waals surface area contributed by atoms with Crippen molar-refractivity contribution in [1.29, 1.82) is 0 Å². The van der Waals surface area contributed by atoms with Crippen LogP contribution in [0.2, 0.25) is 0 Å². The van der Waals surface area contributed by atoms with E-state index in [1.807, 2.05) is 0 Å². The molecule has 0 aliphatic carbocycles. The highest BCUT2D eigenvalue weighted by molar-refractivity contribution is 6.08. The molecule has 0 spiro atoms. The van der Waals surface area contributed by atoms with Gasteiger partial charge in [0.1, 0.15) is 17.8 Å². The van der Waals surface area contributed by atoms with Gasteiger partial charge in [0.15, 0.2) is 0 Å². The first kappa shape index (κ1) is 13.7. The van der Waals surface area contributed by atoms with Crippen LogP contribution in [0, 0.1) is 10.1 Å². The normalized spacial score (nSPS) is 17.8. The Balaban J connectivity index is 2.32. The van der Waals surface area contributed by atoms with Crippen LogP contribution in [0.3, 0.4) is 0 Å². The van der Waals surface area contributed by atoms with Gasteiger partial charge in [-0.1, -0.05) is 0 Å². The van der Waals surface area contributed by atoms with E-state index in [9.17, 15) is 24.5 Å². The summed E-state index contributed by atoms with van der Waals surface area (Å²) in [5, 5.41) is 12.7. The summed E-state index contributed by atoms with van der Waals surface area (Å²) in [6.45, 7) is 2.69. The average molecular weight is 280 g/mol. The number of aromatic amines is 1. The third-order valence-corrected chi connectivity index (χ3v) is 3.14. The fourth-order valence-corrected chi connectivity index (χ4v) is 1.87. The predicted octanol–water partition coefficient (Wildman–Crippen LogP) is -0.200. The van der Waals surface area contributed by atoms with Gasteiger partial charge >= 0.3 is 0 Å². The first-order valence-electron chi connectivity index (χ1n) is 5.72. The van der Waals surface area contributed by atoms with Crippen LogP contribution >= 0.6 is 0 Å². The van der Waals surface area contributed by atoms with Crippen LogP contribution in [-0.4, -0.2) is 44.6 Å². The van der Waals surface area contributed by atoms with E-state index in [0.29, 0.717) is 0 Å². The quantitative estimate of drug-likeness (QED) is 0.441. The van der Waals surface area contributed by atoms with E-state index in [-0.39, 0.29) is 17.9 Å². The SMILES string of the molecule is CC1(C)C(=O)NC(=O)CN1C(=O)c1cc([N+](=O)[O-])c[nH]1. The number of aromatic nitrogens is 1. The molecule has 0 aromatic carbocycles. The van der Waals surface area contributed by atoms with Gasteiger partial charge in [-0.05, 0) is 13.8 Å². The molecule has 0 bridgehead atoms. The third-order valence-electron chi connectivity index (χ3n) is 3.14. The minimum Gasteiger partial charge on any atom is -0.351 e. The second kappa shape index (κ2) is 4.44. The number of rotatable bonds is 2. The summed E-state index contributed by atoms with van der Waals surface area (Å²) in [6, 6.07) is 1.06. The molecule has 1 aliphatic rings. The number of amides is 3. The standard InChI is InChI=1S/C11H12N4O5/c1-11(2)10(18)13-8(16)5-14(11)9(17)7-3-6(4-12-7)15(19)20/h3-4,12H,5H2,1-2H3,(H,13,16,18). The van der Waals surface area contributed by atoms with Crippen molar-refractivity contribution in [1.82, 2.24) is 15.2 Å². The zero-order valence-corrected chi connectivity index (χ0v) is 10.8. The van der Waals surface area contributed by atoms with Crippen LogP contribution in [0.15, 0.2) is 12.3 Å². The van der Waals surface area contributed by atoms with E-state index in [1.165, 1.54) is 13.8 Å². The van der Waals surface area contributed by atoms with E-state index in [4.69, 9.17) is 0 Å². The summed E-state index contributed by atoms with van der Waals surface area (Å²) >= 11 is 0. The van der Waals surface area contributed by atoms with E-state index in [1.54, 1.807) is 0 Å². The zero-order chi connectivity index (χ0) is 15.1. The average Bonchev–Trinajstić information content (AvgIpc) is 2.83. The Morgan fingerprint density at radius 3 is 2.65 bits per heavy atom. The molecule has 3 amide bonds. The lowest BCUT2D eigenvalue weighted by Gasteiger charge is -2.39. The minimum absolute atomic E-state index is 0.0488. The highest BCUT2D eigenvalue weighted by Crippen LogP contribution is 2.22. The molecule has 1 aliphatic heterocycles. The van der Waals surface area contributed by atoms with Gasteiger partial charge in [-0.3, -0.25) is 29.8 Å². The van der Waals surface area contributed by atoms with Crippen LogP contribution in [0.1, 0.15) is 24.3 Å². The summed E-state index contributed by atoms with van der Waals surface area (Å²) in [6.07, 6.45) is 1.08. The van der Waals surface area contributed by atoms with Crippen molar-refractivity contribution in [3.63, 3.8) is 0 Å². The number of piperazine rings is 1. The number of carbonyl (C=O) groups is 3. The maximum atomic E-state index is 12.3. The maximum Gasteiger partial charge on any atom is 0.287 e. The fraction of sp³-hybridized carbons (Fsp3) is 0.364. The molecule has 0 saturated carbocycles. The summed E-state index contributed by atoms with van der Waals surface area (Å²) < 4.78 is 0. The molecule has 2 heterocycles. The molecule has 1 fully saturated rings. The second-order valence-corrected chi connectivity index (χ2v) is 4.86. The van der Waals surface area contributed by atoms with Gasteiger partial charge in [-0.2, -0.15) is 0 Å². The number of nitrogens with one attached hydrogen (secondary N) is 2. The molecule has 20 heavy (non-hydrogen) atoms. The van der Waals surface area contributed by atoms with Gasteiger partial charge in [-0.25, -0.2) is 0 Å². The molecular formula is C11H12N4O5. The van der Waals surface area contributed by atoms with Crippen molar-refractivity contribution in [2.75, 3.05) is 6.54 Å². The van der Waals surface area contributed by atoms with E-state index in [2.05, 4.69) is 10.3 Å². The Bertz CT molecular complexity index is 618. The van der Waals surface area contributed by atoms with Gasteiger partial charge in [0.05, 0.1) is 11.1 Å². The lowest BCUT2D eigenvalue weighted by molar-refractivity contribution is -0.384. The largest absolute Gasteiger partial charge is 0.351 e. The molecule has 9 heteroatoms. The Labute approximate surface area is 113 Å². The lowest BCUT2D eigenvalue weighted by Crippen LogP contribution is -2.65. The Morgan fingerprint density at radius 2 is 2.10 bits per heavy atom. The highest BCUT2D eigenvalue weighted by atomic mass is 16.6. The van der Waals surface area contributed by atoms with E-state index < -0.39 is 28.2 Å². The summed E-state index contributed by atoms with van der Waals surface area (Å²) in [5.74, 6) is -1.84. The molecule has 2 N–H and O–H groups in total. The van der Waals surface area contributed by atoms with Gasteiger partial charge in [0.25, 0.3) is 17.5 Å². The second-order valence-electron chi connectivity index (χ2n) is 4.86. The number of imide groups is 1. The van der Waals surface area contributed by atoms with Crippen LogP contribution in [0.5, 0.6) is 0 Å². The first-order chi connectivity index (χ1) is 9.23. The topological polar surface area (TPSA) is 125 Å². The van der Waals surface area contributed by atoms with Crippen LogP contribution in [0.4, 0.5) is 5.69 Å². The molecule has 0 unspecified atom stereocenters. The van der Waals surface area contributed by atoms with Crippen LogP contribution in [-0.2, 0) is 9.59 Å². The monoisotopic (exact) mass is 280 g/mol. The van der Waals surface area contributed by atoms with Crippen molar-refractivity contribution < 1.29 is 19.3 Å². The van der Waals surface area contributed by atoms with Crippen LogP contribution in [0.25, 0.3) is 0 Å². The number of H-pyrrole nitrogens is 1. The molecule has 0 atom stereocenters. The van der Waals surface area contributed by atoms with Crippen molar-refractivity contribution in [3.05, 3.63) is 28.1 Å². The molecule has 1 aromatic rings. The fourth-order valence-electron chi connectivity index (χ4n) is 1.87. The highest BCUT2D eigenvalue weighted by Gasteiger charge is 2.44. The molecule has 0 radical (unpaired) electrons. The smallest absolute Gasteiger partial charge is 0.287 e. The summed E-state index contributed by atoms with van der Waals surface area (Å²) in [7, 11) is 0. The van der Waals surface area contributed by atoms with Crippen molar-refractivity contribution in [2.24, 2.45) is 0 Å². The Kier molecular flexibility index (Phi) is 3.04. The summed E-state index contributed by atoms with van der Waals surface area (Å²) in [5.41, 5.74) is -1.53. The van der Waals surface area contributed by atoms with Gasteiger partial charge in [-0.15, -0.1) is 0 Å².